The molecule has 1 aliphatic carbocycles. The van der Waals surface area contributed by atoms with Gasteiger partial charge in [-0.1, -0.05) is 0 Å². The minimum absolute atomic E-state index is 0.180. The van der Waals surface area contributed by atoms with Gasteiger partial charge in [-0.15, -0.1) is 11.6 Å². The van der Waals surface area contributed by atoms with Crippen LogP contribution in [0.2, 0.25) is 0 Å². The van der Waals surface area contributed by atoms with Crippen molar-refractivity contribution in [2.24, 2.45) is 5.92 Å². The molecule has 3 amide bonds. The fourth-order valence-electron chi connectivity index (χ4n) is 1.44. The van der Waals surface area contributed by atoms with E-state index in [1.807, 2.05) is 6.92 Å². The molecule has 0 aliphatic heterocycles. The Morgan fingerprint density at radius 2 is 2.13 bits per heavy atom. The van der Waals surface area contributed by atoms with E-state index in [1.165, 1.54) is 12.8 Å². The predicted molar refractivity (Wildman–Crippen MR) is 58.8 cm³/mol. The first kappa shape index (κ1) is 12.3. The van der Waals surface area contributed by atoms with Crippen LogP contribution in [0.1, 0.15) is 26.2 Å². The molecule has 0 saturated heterocycles. The number of imide groups is 1. The second-order valence-electron chi connectivity index (χ2n) is 3.98. The van der Waals surface area contributed by atoms with Crippen molar-refractivity contribution in [1.82, 2.24) is 10.2 Å². The molecule has 0 spiro atoms. The summed E-state index contributed by atoms with van der Waals surface area (Å²) in [5.41, 5.74) is 0. The minimum Gasteiger partial charge on any atom is -0.325 e. The Bertz CT molecular complexity index is 254. The van der Waals surface area contributed by atoms with Crippen LogP contribution in [-0.4, -0.2) is 35.8 Å². The number of nitrogens with zero attached hydrogens (tertiary/aromatic N) is 1. The number of nitrogens with one attached hydrogen (secondary N) is 1. The van der Waals surface area contributed by atoms with Crippen molar-refractivity contribution in [1.29, 1.82) is 0 Å². The summed E-state index contributed by atoms with van der Waals surface area (Å²) in [5, 5.41) is 2.31. The summed E-state index contributed by atoms with van der Waals surface area (Å²) in [4.78, 5) is 24.3. The highest BCUT2D eigenvalue weighted by molar-refractivity contribution is 6.19. The normalized spacial score (nSPS) is 17.0. The molecule has 5 heteroatoms. The smallest absolute Gasteiger partial charge is 0.324 e. The lowest BCUT2D eigenvalue weighted by molar-refractivity contribution is -0.119. The fraction of sp³-hybridized carbons (Fsp3) is 0.800. The molecule has 0 heterocycles. The first-order valence-electron chi connectivity index (χ1n) is 5.19. The van der Waals surface area contributed by atoms with E-state index < -0.39 is 0 Å². The van der Waals surface area contributed by atoms with Crippen molar-refractivity contribution in [3.05, 3.63) is 0 Å². The topological polar surface area (TPSA) is 49.4 Å². The van der Waals surface area contributed by atoms with E-state index in [-0.39, 0.29) is 30.3 Å². The van der Waals surface area contributed by atoms with Gasteiger partial charge in [0.1, 0.15) is 0 Å². The SMILES string of the molecule is CC(C1CC1)N(C)C(=O)NC(=O)CCCl. The maximum absolute atomic E-state index is 11.6. The van der Waals surface area contributed by atoms with E-state index in [0.717, 1.165) is 0 Å². The average Bonchev–Trinajstić information content (AvgIpc) is 2.99. The third-order valence-corrected chi connectivity index (χ3v) is 2.99. The first-order valence-corrected chi connectivity index (χ1v) is 5.72. The molecule has 86 valence electrons. The number of hydrogen-bond donors (Lipinski definition) is 1. The summed E-state index contributed by atoms with van der Waals surface area (Å²) in [6, 6.07) is -0.127. The Morgan fingerprint density at radius 3 is 2.60 bits per heavy atom. The largest absolute Gasteiger partial charge is 0.325 e. The van der Waals surface area contributed by atoms with Crippen LogP contribution in [0, 0.1) is 5.92 Å². The second kappa shape index (κ2) is 5.35. The number of alkyl halides is 1. The van der Waals surface area contributed by atoms with Crippen LogP contribution >= 0.6 is 11.6 Å². The van der Waals surface area contributed by atoms with Gasteiger partial charge in [0.2, 0.25) is 5.91 Å². The van der Waals surface area contributed by atoms with Crippen LogP contribution in [0.4, 0.5) is 4.79 Å². The molecule has 4 nitrogen and oxygen atoms in total. The number of amides is 3. The summed E-state index contributed by atoms with van der Waals surface area (Å²) >= 11 is 5.40. The Labute approximate surface area is 95.0 Å². The van der Waals surface area contributed by atoms with Gasteiger partial charge in [-0.3, -0.25) is 10.1 Å². The van der Waals surface area contributed by atoms with Crippen molar-refractivity contribution in [3.63, 3.8) is 0 Å². The molecule has 0 aromatic heterocycles. The van der Waals surface area contributed by atoms with E-state index >= 15 is 0 Å². The number of carbonyl (C=O) groups excluding carboxylic acids is 2. The molecule has 1 atom stereocenters. The molecule has 0 bridgehead atoms. The molecule has 1 saturated carbocycles. The number of halogens is 1. The summed E-state index contributed by atoms with van der Waals surface area (Å²) in [5.74, 6) is 0.523. The van der Waals surface area contributed by atoms with Crippen LogP contribution in [0.25, 0.3) is 0 Å². The Kier molecular flexibility index (Phi) is 4.39. The first-order chi connectivity index (χ1) is 7.06. The van der Waals surface area contributed by atoms with E-state index in [9.17, 15) is 9.59 Å². The minimum atomic E-state index is -0.329. The van der Waals surface area contributed by atoms with Crippen LogP contribution in [0.5, 0.6) is 0 Å². The summed E-state index contributed by atoms with van der Waals surface area (Å²) < 4.78 is 0. The number of urea groups is 1. The maximum Gasteiger partial charge on any atom is 0.324 e. The highest BCUT2D eigenvalue weighted by Gasteiger charge is 2.32. The Morgan fingerprint density at radius 1 is 1.53 bits per heavy atom. The number of carbonyl (C=O) groups is 2. The molecular weight excluding hydrogens is 216 g/mol. The molecule has 0 radical (unpaired) electrons. The molecule has 0 aromatic carbocycles. The van der Waals surface area contributed by atoms with Crippen LogP contribution < -0.4 is 5.32 Å². The van der Waals surface area contributed by atoms with Crippen molar-refractivity contribution < 1.29 is 9.59 Å². The lowest BCUT2D eigenvalue weighted by Crippen LogP contribution is -2.45. The Hall–Kier alpha value is -0.770. The van der Waals surface area contributed by atoms with Crippen LogP contribution in [-0.2, 0) is 4.79 Å². The molecule has 1 fully saturated rings. The zero-order valence-electron chi connectivity index (χ0n) is 9.12. The quantitative estimate of drug-likeness (QED) is 0.749. The second-order valence-corrected chi connectivity index (χ2v) is 4.36. The van der Waals surface area contributed by atoms with Gasteiger partial charge in [-0.05, 0) is 25.7 Å². The maximum atomic E-state index is 11.6. The molecule has 1 N–H and O–H groups in total. The van der Waals surface area contributed by atoms with Crippen LogP contribution in [0.15, 0.2) is 0 Å². The van der Waals surface area contributed by atoms with Gasteiger partial charge in [0.05, 0.1) is 0 Å². The van der Waals surface area contributed by atoms with Gasteiger partial charge in [-0.25, -0.2) is 4.79 Å². The van der Waals surface area contributed by atoms with E-state index in [0.29, 0.717) is 5.92 Å². The van der Waals surface area contributed by atoms with E-state index in [4.69, 9.17) is 11.6 Å². The highest BCUT2D eigenvalue weighted by Crippen LogP contribution is 2.34. The number of rotatable bonds is 4. The molecule has 0 aromatic rings. The monoisotopic (exact) mass is 232 g/mol. The van der Waals surface area contributed by atoms with E-state index in [2.05, 4.69) is 5.32 Å². The summed E-state index contributed by atoms with van der Waals surface area (Å²) in [6.45, 7) is 2.00. The van der Waals surface area contributed by atoms with Gasteiger partial charge in [0.25, 0.3) is 0 Å². The zero-order valence-corrected chi connectivity index (χ0v) is 9.88. The molecule has 1 unspecified atom stereocenters. The fourth-order valence-corrected chi connectivity index (χ4v) is 1.61. The molecule has 15 heavy (non-hydrogen) atoms. The van der Waals surface area contributed by atoms with Crippen LogP contribution in [0.3, 0.4) is 0 Å². The van der Waals surface area contributed by atoms with Gasteiger partial charge in [0.15, 0.2) is 0 Å². The van der Waals surface area contributed by atoms with Gasteiger partial charge in [-0.2, -0.15) is 0 Å². The third kappa shape index (κ3) is 3.70. The van der Waals surface area contributed by atoms with E-state index in [1.54, 1.807) is 11.9 Å². The van der Waals surface area contributed by atoms with Gasteiger partial charge < -0.3 is 4.90 Å². The Balaban J connectivity index is 2.34. The standard InChI is InChI=1S/C10H17ClN2O2/c1-7(8-3-4-8)13(2)10(15)12-9(14)5-6-11/h7-8H,3-6H2,1-2H3,(H,12,14,15). The summed E-state index contributed by atoms with van der Waals surface area (Å²) in [7, 11) is 1.71. The number of hydrogen-bond acceptors (Lipinski definition) is 2. The van der Waals surface area contributed by atoms with Crippen molar-refractivity contribution in [2.75, 3.05) is 12.9 Å². The lowest BCUT2D eigenvalue weighted by atomic mass is 10.2. The van der Waals surface area contributed by atoms with Gasteiger partial charge in [0, 0.05) is 25.4 Å². The zero-order chi connectivity index (χ0) is 11.4. The molecule has 1 rings (SSSR count). The lowest BCUT2D eigenvalue weighted by Gasteiger charge is -2.24. The van der Waals surface area contributed by atoms with Crippen molar-refractivity contribution in [2.45, 2.75) is 32.2 Å². The predicted octanol–water partition coefficient (Wildman–Crippen LogP) is 1.58. The van der Waals surface area contributed by atoms with Gasteiger partial charge >= 0.3 is 6.03 Å². The van der Waals surface area contributed by atoms with Crippen molar-refractivity contribution >= 4 is 23.5 Å². The van der Waals surface area contributed by atoms with Crippen molar-refractivity contribution in [3.8, 4) is 0 Å². The average molecular weight is 233 g/mol. The molecular formula is C10H17ClN2O2. The third-order valence-electron chi connectivity index (χ3n) is 2.80. The summed E-state index contributed by atoms with van der Waals surface area (Å²) in [6.07, 6.45) is 2.53. The molecule has 1 aliphatic rings. The highest BCUT2D eigenvalue weighted by atomic mass is 35.5.